The van der Waals surface area contributed by atoms with Crippen molar-refractivity contribution in [2.24, 2.45) is 21.5 Å². The van der Waals surface area contributed by atoms with Gasteiger partial charge in [0.25, 0.3) is 0 Å². The SMILES string of the molecule is CC(=O)OCC1N=C(N)N2CC(OS(=O)(=O)O)C(O)C23NC(N)=NC13. The number of hydrogen-bond acceptors (Lipinski definition) is 12. The van der Waals surface area contributed by atoms with Crippen LogP contribution in [0.2, 0.25) is 0 Å². The predicted octanol–water partition coefficient (Wildman–Crippen LogP) is -3.91. The highest BCUT2D eigenvalue weighted by Crippen LogP contribution is 2.40. The van der Waals surface area contributed by atoms with Crippen molar-refractivity contribution < 1.29 is 31.8 Å². The van der Waals surface area contributed by atoms with Gasteiger partial charge in [-0.3, -0.25) is 9.35 Å². The van der Waals surface area contributed by atoms with Crippen molar-refractivity contribution in [3.05, 3.63) is 0 Å². The zero-order valence-corrected chi connectivity index (χ0v) is 13.9. The van der Waals surface area contributed by atoms with E-state index in [4.69, 9.17) is 20.8 Å². The smallest absolute Gasteiger partial charge is 0.397 e. The lowest BCUT2D eigenvalue weighted by atomic mass is 9.88. The minimum Gasteiger partial charge on any atom is -0.464 e. The van der Waals surface area contributed by atoms with Gasteiger partial charge in [-0.1, -0.05) is 0 Å². The van der Waals surface area contributed by atoms with Gasteiger partial charge >= 0.3 is 16.4 Å². The van der Waals surface area contributed by atoms with Crippen molar-refractivity contribution in [2.75, 3.05) is 13.2 Å². The average Bonchev–Trinajstić information content (AvgIpc) is 2.95. The van der Waals surface area contributed by atoms with Gasteiger partial charge in [-0.2, -0.15) is 8.42 Å². The zero-order chi connectivity index (χ0) is 18.6. The number of esters is 1. The number of carbonyl (C=O) groups excluding carboxylic acids is 1. The Labute approximate surface area is 142 Å². The number of carbonyl (C=O) groups is 1. The maximum absolute atomic E-state index is 11.1. The highest BCUT2D eigenvalue weighted by atomic mass is 32.3. The Morgan fingerprint density at radius 2 is 2.16 bits per heavy atom. The van der Waals surface area contributed by atoms with Gasteiger partial charge in [-0.05, 0) is 0 Å². The second-order valence-electron chi connectivity index (χ2n) is 5.88. The second-order valence-corrected chi connectivity index (χ2v) is 6.93. The van der Waals surface area contributed by atoms with E-state index in [0.717, 1.165) is 0 Å². The summed E-state index contributed by atoms with van der Waals surface area (Å²) in [6.07, 6.45) is -2.83. The van der Waals surface area contributed by atoms with Crippen LogP contribution < -0.4 is 16.8 Å². The van der Waals surface area contributed by atoms with E-state index < -0.39 is 46.3 Å². The van der Waals surface area contributed by atoms with Crippen molar-refractivity contribution in [2.45, 2.75) is 36.9 Å². The third-order valence-corrected chi connectivity index (χ3v) is 4.80. The second kappa shape index (κ2) is 5.69. The molecule has 0 aromatic carbocycles. The molecule has 14 heteroatoms. The summed E-state index contributed by atoms with van der Waals surface area (Å²) in [5, 5.41) is 13.5. The fraction of sp³-hybridized carbons (Fsp3) is 0.727. The molecular formula is C11H18N6O7S. The molecule has 0 aromatic rings. The largest absolute Gasteiger partial charge is 0.464 e. The normalized spacial score (nSPS) is 36.8. The number of nitrogens with two attached hydrogens (primary N) is 2. The molecular weight excluding hydrogens is 360 g/mol. The van der Waals surface area contributed by atoms with Gasteiger partial charge < -0.3 is 31.5 Å². The molecule has 0 bridgehead atoms. The number of aliphatic hydroxyl groups is 1. The molecule has 0 radical (unpaired) electrons. The third kappa shape index (κ3) is 2.86. The first-order chi connectivity index (χ1) is 11.5. The Balaban J connectivity index is 1.96. The van der Waals surface area contributed by atoms with Crippen molar-refractivity contribution in [1.29, 1.82) is 0 Å². The van der Waals surface area contributed by atoms with E-state index in [1.807, 2.05) is 0 Å². The molecule has 0 saturated carbocycles. The van der Waals surface area contributed by atoms with Crippen LogP contribution in [-0.4, -0.2) is 84.0 Å². The Bertz CT molecular complexity index is 754. The molecule has 0 aromatic heterocycles. The van der Waals surface area contributed by atoms with E-state index in [9.17, 15) is 18.3 Å². The third-order valence-electron chi connectivity index (χ3n) is 4.31. The monoisotopic (exact) mass is 378 g/mol. The lowest BCUT2D eigenvalue weighted by Gasteiger charge is -2.46. The summed E-state index contributed by atoms with van der Waals surface area (Å²) in [6.45, 7) is 0.872. The number of aliphatic hydroxyl groups excluding tert-OH is 1. The van der Waals surface area contributed by atoms with Gasteiger partial charge in [-0.15, -0.1) is 0 Å². The lowest BCUT2D eigenvalue weighted by Crippen LogP contribution is -2.73. The summed E-state index contributed by atoms with van der Waals surface area (Å²) < 4.78 is 40.4. The molecule has 1 fully saturated rings. The number of nitrogens with one attached hydrogen (secondary N) is 1. The molecule has 3 aliphatic rings. The number of hydrogen-bond donors (Lipinski definition) is 5. The van der Waals surface area contributed by atoms with Crippen LogP contribution in [-0.2, 0) is 24.1 Å². The summed E-state index contributed by atoms with van der Waals surface area (Å²) in [5.41, 5.74) is 10.2. The lowest BCUT2D eigenvalue weighted by molar-refractivity contribution is -0.142. The number of nitrogens with zero attached hydrogens (tertiary/aromatic N) is 3. The van der Waals surface area contributed by atoms with E-state index in [1.54, 1.807) is 0 Å². The molecule has 1 saturated heterocycles. The van der Waals surface area contributed by atoms with Gasteiger partial charge in [0.15, 0.2) is 17.6 Å². The highest BCUT2D eigenvalue weighted by molar-refractivity contribution is 7.80. The van der Waals surface area contributed by atoms with Crippen LogP contribution in [0.3, 0.4) is 0 Å². The Kier molecular flexibility index (Phi) is 4.02. The maximum Gasteiger partial charge on any atom is 0.397 e. The molecule has 25 heavy (non-hydrogen) atoms. The van der Waals surface area contributed by atoms with E-state index in [0.29, 0.717) is 0 Å². The number of rotatable bonds is 4. The Hall–Kier alpha value is -2.16. The van der Waals surface area contributed by atoms with Crippen LogP contribution in [0.15, 0.2) is 9.98 Å². The van der Waals surface area contributed by atoms with Crippen molar-refractivity contribution in [3.8, 4) is 0 Å². The van der Waals surface area contributed by atoms with E-state index in [2.05, 4.69) is 19.5 Å². The summed E-state index contributed by atoms with van der Waals surface area (Å²) >= 11 is 0. The van der Waals surface area contributed by atoms with Crippen molar-refractivity contribution >= 4 is 28.3 Å². The van der Waals surface area contributed by atoms with Gasteiger partial charge in [0.2, 0.25) is 0 Å². The van der Waals surface area contributed by atoms with E-state index in [-0.39, 0.29) is 25.1 Å². The molecule has 13 nitrogen and oxygen atoms in total. The molecule has 3 rings (SSSR count). The maximum atomic E-state index is 11.1. The van der Waals surface area contributed by atoms with Crippen molar-refractivity contribution in [1.82, 2.24) is 10.2 Å². The molecule has 5 unspecified atom stereocenters. The molecule has 0 amide bonds. The van der Waals surface area contributed by atoms with Crippen LogP contribution in [0.5, 0.6) is 0 Å². The average molecular weight is 378 g/mol. The fourth-order valence-electron chi connectivity index (χ4n) is 3.45. The quantitative estimate of drug-likeness (QED) is 0.236. The summed E-state index contributed by atoms with van der Waals surface area (Å²) in [5.74, 6) is -0.613. The zero-order valence-electron chi connectivity index (χ0n) is 13.1. The first kappa shape index (κ1) is 17.7. The van der Waals surface area contributed by atoms with Crippen LogP contribution in [0, 0.1) is 0 Å². The summed E-state index contributed by atoms with van der Waals surface area (Å²) in [4.78, 5) is 20.8. The van der Waals surface area contributed by atoms with Crippen LogP contribution in [0.25, 0.3) is 0 Å². The van der Waals surface area contributed by atoms with E-state index in [1.165, 1.54) is 11.8 Å². The van der Waals surface area contributed by atoms with Gasteiger partial charge in [0, 0.05) is 6.92 Å². The molecule has 3 heterocycles. The first-order valence-corrected chi connectivity index (χ1v) is 8.60. The van der Waals surface area contributed by atoms with Crippen LogP contribution >= 0.6 is 0 Å². The Morgan fingerprint density at radius 3 is 2.76 bits per heavy atom. The van der Waals surface area contributed by atoms with Gasteiger partial charge in [0.05, 0.1) is 6.54 Å². The highest BCUT2D eigenvalue weighted by Gasteiger charge is 2.66. The molecule has 140 valence electrons. The minimum atomic E-state index is -4.81. The topological polar surface area (TPSA) is 202 Å². The molecule has 1 spiro atoms. The number of guanidine groups is 2. The standard InChI is InChI=1S/C11H18N6O7S/c1-4(18)23-3-5-7-11(16-9(12)15-7)8(19)6(24-25(20,21)22)2-17(11)10(13)14-5/h5-8,19H,2-3H2,1H3,(H2,13,14)(H3,12,15,16)(H,20,21,22). The van der Waals surface area contributed by atoms with Crippen LogP contribution in [0.4, 0.5) is 0 Å². The number of aliphatic imine (C=N–C) groups is 2. The predicted molar refractivity (Wildman–Crippen MR) is 82.5 cm³/mol. The Morgan fingerprint density at radius 1 is 1.48 bits per heavy atom. The van der Waals surface area contributed by atoms with E-state index >= 15 is 0 Å². The number of ether oxygens (including phenoxy) is 1. The first-order valence-electron chi connectivity index (χ1n) is 7.24. The molecule has 5 atom stereocenters. The molecule has 3 aliphatic heterocycles. The fourth-order valence-corrected chi connectivity index (χ4v) is 3.93. The summed E-state index contributed by atoms with van der Waals surface area (Å²) in [6, 6.07) is -1.59. The van der Waals surface area contributed by atoms with Gasteiger partial charge in [-0.25, -0.2) is 14.2 Å². The molecule has 0 aliphatic carbocycles. The minimum absolute atomic E-state index is 0.0284. The van der Waals surface area contributed by atoms with Gasteiger partial charge in [0.1, 0.15) is 30.9 Å². The summed E-state index contributed by atoms with van der Waals surface area (Å²) in [7, 11) is -4.81. The van der Waals surface area contributed by atoms with Crippen molar-refractivity contribution in [3.63, 3.8) is 0 Å². The van der Waals surface area contributed by atoms with Crippen LogP contribution in [0.1, 0.15) is 6.92 Å². The molecule has 7 N–H and O–H groups in total.